The van der Waals surface area contributed by atoms with Gasteiger partial charge in [-0.05, 0) is 23.8 Å². The van der Waals surface area contributed by atoms with E-state index in [1.54, 1.807) is 28.8 Å². The normalized spacial score (nSPS) is 11.1. The number of aromatic nitrogens is 3. The van der Waals surface area contributed by atoms with E-state index < -0.39 is 0 Å². The van der Waals surface area contributed by atoms with Crippen LogP contribution in [0.2, 0.25) is 0 Å². The zero-order chi connectivity index (χ0) is 17.4. The number of rotatable bonds is 3. The number of hydrogen-bond donors (Lipinski definition) is 2. The highest BCUT2D eigenvalue weighted by Crippen LogP contribution is 2.26. The number of fused-ring (bicyclic) bond motifs is 1. The molecule has 0 aliphatic heterocycles. The fraction of sp³-hybridized carbons (Fsp3) is 0.0526. The average Bonchev–Trinajstić information content (AvgIpc) is 2.93. The summed E-state index contributed by atoms with van der Waals surface area (Å²) in [4.78, 5) is 19.3. The molecule has 0 aliphatic carbocycles. The molecule has 2 heterocycles. The number of halogens is 1. The van der Waals surface area contributed by atoms with E-state index in [-0.39, 0.29) is 17.3 Å². The van der Waals surface area contributed by atoms with Gasteiger partial charge in [0.05, 0.1) is 17.8 Å². The van der Waals surface area contributed by atoms with Gasteiger partial charge in [-0.15, -0.1) is 0 Å². The summed E-state index contributed by atoms with van der Waals surface area (Å²) in [7, 11) is 0. The summed E-state index contributed by atoms with van der Waals surface area (Å²) in [5.74, 6) is -0.221. The van der Waals surface area contributed by atoms with E-state index in [4.69, 9.17) is 5.73 Å². The Morgan fingerprint density at radius 3 is 2.56 bits per heavy atom. The lowest BCUT2D eigenvalue weighted by atomic mass is 10.1. The van der Waals surface area contributed by atoms with Crippen LogP contribution in [0.15, 0.2) is 65.5 Å². The maximum atomic E-state index is 14.1. The van der Waals surface area contributed by atoms with Crippen LogP contribution >= 0.6 is 0 Å². The number of anilines is 1. The average molecular weight is 334 g/mol. The Kier molecular flexibility index (Phi) is 3.57. The molecule has 2 aromatic carbocycles. The van der Waals surface area contributed by atoms with Crippen LogP contribution in [0.5, 0.6) is 0 Å². The van der Waals surface area contributed by atoms with E-state index in [2.05, 4.69) is 9.97 Å². The number of nitrogens with two attached hydrogens (primary N) is 1. The first-order chi connectivity index (χ1) is 12.1. The fourth-order valence-corrected chi connectivity index (χ4v) is 2.91. The van der Waals surface area contributed by atoms with Gasteiger partial charge < -0.3 is 10.7 Å². The second kappa shape index (κ2) is 5.90. The summed E-state index contributed by atoms with van der Waals surface area (Å²) in [5.41, 5.74) is 8.50. The van der Waals surface area contributed by atoms with Crippen molar-refractivity contribution in [2.45, 2.75) is 6.54 Å². The van der Waals surface area contributed by atoms with Crippen molar-refractivity contribution in [2.75, 3.05) is 5.73 Å². The Labute approximate surface area is 142 Å². The topological polar surface area (TPSA) is 76.7 Å². The van der Waals surface area contributed by atoms with Crippen LogP contribution in [0.1, 0.15) is 5.56 Å². The van der Waals surface area contributed by atoms with E-state index >= 15 is 0 Å². The molecule has 0 unspecified atom stereocenters. The molecule has 4 aromatic rings. The fourth-order valence-electron chi connectivity index (χ4n) is 2.91. The molecule has 6 heteroatoms. The van der Waals surface area contributed by atoms with E-state index in [1.807, 2.05) is 30.3 Å². The van der Waals surface area contributed by atoms with Crippen LogP contribution in [-0.4, -0.2) is 14.5 Å². The molecular formula is C19H15FN4O. The van der Waals surface area contributed by atoms with E-state index in [9.17, 15) is 9.18 Å². The van der Waals surface area contributed by atoms with Gasteiger partial charge in [0.25, 0.3) is 0 Å². The lowest BCUT2D eigenvalue weighted by Gasteiger charge is -2.07. The van der Waals surface area contributed by atoms with Crippen molar-refractivity contribution in [2.24, 2.45) is 0 Å². The lowest BCUT2D eigenvalue weighted by molar-refractivity contribution is 0.631. The Morgan fingerprint density at radius 1 is 1.08 bits per heavy atom. The summed E-state index contributed by atoms with van der Waals surface area (Å²) in [6, 6.07) is 17.6. The molecule has 124 valence electrons. The predicted molar refractivity (Wildman–Crippen MR) is 95.7 cm³/mol. The molecule has 0 fully saturated rings. The molecule has 0 radical (unpaired) electrons. The number of H-pyrrole nitrogens is 1. The molecule has 0 spiro atoms. The summed E-state index contributed by atoms with van der Waals surface area (Å²) < 4.78 is 15.7. The van der Waals surface area contributed by atoms with Crippen molar-refractivity contribution in [3.05, 3.63) is 82.5 Å². The van der Waals surface area contributed by atoms with E-state index in [0.717, 1.165) is 5.56 Å². The first-order valence-corrected chi connectivity index (χ1v) is 7.81. The van der Waals surface area contributed by atoms with Gasteiger partial charge in [0.15, 0.2) is 0 Å². The highest BCUT2D eigenvalue weighted by Gasteiger charge is 2.15. The number of aromatic amines is 1. The molecule has 0 amide bonds. The van der Waals surface area contributed by atoms with Crippen molar-refractivity contribution >= 4 is 16.9 Å². The van der Waals surface area contributed by atoms with Gasteiger partial charge in [-0.1, -0.05) is 42.5 Å². The number of nitrogens with zero attached hydrogens (tertiary/aromatic N) is 2. The first-order valence-electron chi connectivity index (χ1n) is 7.81. The first kappa shape index (κ1) is 15.1. The van der Waals surface area contributed by atoms with Crippen molar-refractivity contribution in [3.8, 4) is 11.3 Å². The van der Waals surface area contributed by atoms with Crippen LogP contribution in [0.4, 0.5) is 10.2 Å². The number of hydrogen-bond acceptors (Lipinski definition) is 3. The Balaban J connectivity index is 1.91. The predicted octanol–water partition coefficient (Wildman–Crippen LogP) is 3.16. The van der Waals surface area contributed by atoms with Crippen molar-refractivity contribution in [1.82, 2.24) is 14.5 Å². The maximum absolute atomic E-state index is 14.1. The van der Waals surface area contributed by atoms with Crippen LogP contribution < -0.4 is 11.4 Å². The molecule has 4 rings (SSSR count). The smallest absolute Gasteiger partial charge is 0.326 e. The number of nitrogen functional groups attached to an aromatic ring is 1. The monoisotopic (exact) mass is 334 g/mol. The van der Waals surface area contributed by atoms with Gasteiger partial charge in [0.2, 0.25) is 0 Å². The number of imidazole rings is 1. The summed E-state index contributed by atoms with van der Waals surface area (Å²) >= 11 is 0. The minimum Gasteiger partial charge on any atom is -0.382 e. The third kappa shape index (κ3) is 2.67. The molecule has 0 aliphatic rings. The van der Waals surface area contributed by atoms with Gasteiger partial charge in [0.1, 0.15) is 17.2 Å². The van der Waals surface area contributed by atoms with Gasteiger partial charge in [-0.2, -0.15) is 0 Å². The number of benzene rings is 2. The Bertz CT molecular complexity index is 1120. The molecule has 0 saturated heterocycles. The van der Waals surface area contributed by atoms with Crippen molar-refractivity contribution < 1.29 is 4.39 Å². The van der Waals surface area contributed by atoms with Crippen molar-refractivity contribution in [3.63, 3.8) is 0 Å². The highest BCUT2D eigenvalue weighted by molar-refractivity contribution is 5.88. The summed E-state index contributed by atoms with van der Waals surface area (Å²) in [5, 5.41) is 0. The molecule has 0 bridgehead atoms. The minimum atomic E-state index is -0.388. The Morgan fingerprint density at radius 2 is 1.80 bits per heavy atom. The molecule has 25 heavy (non-hydrogen) atoms. The van der Waals surface area contributed by atoms with Crippen LogP contribution in [-0.2, 0) is 6.54 Å². The number of nitrogens with one attached hydrogen (secondary N) is 1. The van der Waals surface area contributed by atoms with Crippen LogP contribution in [0, 0.1) is 5.82 Å². The minimum absolute atomic E-state index is 0.166. The summed E-state index contributed by atoms with van der Waals surface area (Å²) in [6.07, 6.45) is 0. The SMILES string of the molecule is Nc1nc(-c2ccccc2F)cc2c1[nH]c(=O)n2Cc1ccccc1. The lowest BCUT2D eigenvalue weighted by Crippen LogP contribution is -2.17. The largest absolute Gasteiger partial charge is 0.382 e. The van der Waals surface area contributed by atoms with Crippen molar-refractivity contribution in [1.29, 1.82) is 0 Å². The zero-order valence-electron chi connectivity index (χ0n) is 13.2. The quantitative estimate of drug-likeness (QED) is 0.604. The van der Waals surface area contributed by atoms with Crippen LogP contribution in [0.3, 0.4) is 0 Å². The summed E-state index contributed by atoms with van der Waals surface area (Å²) in [6.45, 7) is 0.389. The second-order valence-corrected chi connectivity index (χ2v) is 5.77. The molecule has 0 atom stereocenters. The zero-order valence-corrected chi connectivity index (χ0v) is 13.2. The van der Waals surface area contributed by atoms with Gasteiger partial charge in [0, 0.05) is 5.56 Å². The second-order valence-electron chi connectivity index (χ2n) is 5.77. The maximum Gasteiger partial charge on any atom is 0.326 e. The third-order valence-electron chi connectivity index (χ3n) is 4.13. The van der Waals surface area contributed by atoms with Crippen LogP contribution in [0.25, 0.3) is 22.3 Å². The van der Waals surface area contributed by atoms with Gasteiger partial charge in [-0.3, -0.25) is 4.57 Å². The molecule has 0 saturated carbocycles. The van der Waals surface area contributed by atoms with E-state index in [1.165, 1.54) is 6.07 Å². The Hall–Kier alpha value is -3.41. The molecule has 5 nitrogen and oxygen atoms in total. The third-order valence-corrected chi connectivity index (χ3v) is 4.13. The van der Waals surface area contributed by atoms with Gasteiger partial charge in [-0.25, -0.2) is 14.2 Å². The van der Waals surface area contributed by atoms with E-state index in [0.29, 0.717) is 28.8 Å². The molecule has 3 N–H and O–H groups in total. The number of pyridine rings is 1. The molecule has 2 aromatic heterocycles. The van der Waals surface area contributed by atoms with Gasteiger partial charge >= 0.3 is 5.69 Å². The standard InChI is InChI=1S/C19H15FN4O/c20-14-9-5-4-8-13(14)15-10-16-17(18(21)22-15)23-19(25)24(16)11-12-6-2-1-3-7-12/h1-10H,11H2,(H2,21,22)(H,23,25). The highest BCUT2D eigenvalue weighted by atomic mass is 19.1. The molecular weight excluding hydrogens is 319 g/mol.